The van der Waals surface area contributed by atoms with E-state index in [0.29, 0.717) is 6.16 Å². The maximum Gasteiger partial charge on any atom is 0.249 e. The van der Waals surface area contributed by atoms with Gasteiger partial charge in [0.05, 0.1) is 14.4 Å². The molecule has 0 amide bonds. The van der Waals surface area contributed by atoms with Gasteiger partial charge in [-0.2, -0.15) is 0 Å². The van der Waals surface area contributed by atoms with Gasteiger partial charge in [0.1, 0.15) is 6.16 Å². The van der Waals surface area contributed by atoms with Gasteiger partial charge in [0, 0.05) is 0 Å². The van der Waals surface area contributed by atoms with Gasteiger partial charge in [-0.15, -0.1) is 0 Å². The van der Waals surface area contributed by atoms with Gasteiger partial charge in [-0.05, 0) is 12.8 Å². The van der Waals surface area contributed by atoms with Crippen molar-refractivity contribution in [3.63, 3.8) is 0 Å². The van der Waals surface area contributed by atoms with E-state index >= 15 is 0 Å². The first-order valence-corrected chi connectivity index (χ1v) is 5.87. The van der Waals surface area contributed by atoms with Crippen LogP contribution in [-0.2, 0) is 0 Å². The van der Waals surface area contributed by atoms with Crippen LogP contribution >= 0.6 is 7.77 Å². The van der Waals surface area contributed by atoms with Gasteiger partial charge in [-0.25, -0.2) is 0 Å². The Kier molecular flexibility index (Phi) is 7.42. The summed E-state index contributed by atoms with van der Waals surface area (Å²) < 4.78 is 0. The third-order valence-corrected chi connectivity index (χ3v) is 3.22. The molecule has 13 heavy (non-hydrogen) atoms. The highest BCUT2D eigenvalue weighted by Gasteiger charge is 2.16. The maximum atomic E-state index is 11.2. The second-order valence-electron chi connectivity index (χ2n) is 2.87. The van der Waals surface area contributed by atoms with Crippen molar-refractivity contribution in [3.05, 3.63) is 0 Å². The first kappa shape index (κ1) is 13.0. The van der Waals surface area contributed by atoms with Crippen molar-refractivity contribution in [3.8, 4) is 0 Å². The molecule has 0 aromatic carbocycles. The Morgan fingerprint density at radius 3 is 2.54 bits per heavy atom. The van der Waals surface area contributed by atoms with Crippen LogP contribution in [0.2, 0.25) is 0 Å². The van der Waals surface area contributed by atoms with Gasteiger partial charge < -0.3 is 20.2 Å². The summed E-state index contributed by atoms with van der Waals surface area (Å²) in [6, 6.07) is 0. The standard InChI is InChI=1S/C8H17O4P/c1-2-3-4-5-13(12)8(11)7(10)6-9/h7,9-11H,2-6H2,1H3. The molecule has 0 bridgehead atoms. The average molecular weight is 208 g/mol. The summed E-state index contributed by atoms with van der Waals surface area (Å²) in [5.74, 6) is 0. The second-order valence-corrected chi connectivity index (χ2v) is 4.53. The van der Waals surface area contributed by atoms with Crippen LogP contribution in [0.5, 0.6) is 0 Å². The zero-order valence-electron chi connectivity index (χ0n) is 7.81. The number of hydrogen-bond acceptors (Lipinski definition) is 3. The fourth-order valence-electron chi connectivity index (χ4n) is 0.868. The molecule has 2 unspecified atom stereocenters. The minimum absolute atomic E-state index is 0.381. The Labute approximate surface area is 79.3 Å². The lowest BCUT2D eigenvalue weighted by molar-refractivity contribution is -0.153. The molecular weight excluding hydrogens is 191 g/mol. The van der Waals surface area contributed by atoms with Gasteiger partial charge in [-0.3, -0.25) is 0 Å². The normalized spacial score (nSPS) is 15.5. The Hall–Kier alpha value is 0.0100. The molecular formula is C8H17O4P. The summed E-state index contributed by atoms with van der Waals surface area (Å²) in [5, 5.41) is 26.5. The number of hydrogen-bond donors (Lipinski definition) is 3. The smallest absolute Gasteiger partial charge is 0.249 e. The maximum absolute atomic E-state index is 11.2. The Balaban J connectivity index is 3.95. The number of aliphatic hydroxyl groups excluding tert-OH is 3. The molecule has 4 nitrogen and oxygen atoms in total. The highest BCUT2D eigenvalue weighted by molar-refractivity contribution is 7.51. The van der Waals surface area contributed by atoms with E-state index in [-0.39, 0.29) is 0 Å². The van der Waals surface area contributed by atoms with E-state index in [0.717, 1.165) is 19.3 Å². The highest BCUT2D eigenvalue weighted by Crippen LogP contribution is 2.17. The predicted octanol–water partition coefficient (Wildman–Crippen LogP) is -0.211. The summed E-state index contributed by atoms with van der Waals surface area (Å²) in [5.41, 5.74) is -0.478. The summed E-state index contributed by atoms with van der Waals surface area (Å²) in [7, 11) is -1.89. The molecule has 2 atom stereocenters. The molecule has 5 heteroatoms. The quantitative estimate of drug-likeness (QED) is 0.416. The topological polar surface area (TPSA) is 83.8 Å². The van der Waals surface area contributed by atoms with Crippen molar-refractivity contribution in [2.75, 3.05) is 12.8 Å². The average Bonchev–Trinajstić information content (AvgIpc) is 2.15. The molecule has 0 aliphatic rings. The van der Waals surface area contributed by atoms with E-state index in [1.807, 2.05) is 6.92 Å². The Morgan fingerprint density at radius 2 is 2.08 bits per heavy atom. The fourth-order valence-corrected chi connectivity index (χ4v) is 2.02. The second kappa shape index (κ2) is 7.42. The Bertz CT molecular complexity index is 170. The molecule has 0 aromatic heterocycles. The molecule has 0 radical (unpaired) electrons. The fraction of sp³-hybridized carbons (Fsp3) is 0.875. The number of rotatable bonds is 6. The van der Waals surface area contributed by atoms with Crippen molar-refractivity contribution in [2.24, 2.45) is 0 Å². The van der Waals surface area contributed by atoms with Crippen LogP contribution in [-0.4, -0.2) is 39.7 Å². The van der Waals surface area contributed by atoms with Crippen molar-refractivity contribution >= 4 is 13.3 Å². The Morgan fingerprint density at radius 1 is 1.46 bits per heavy atom. The van der Waals surface area contributed by atoms with Gasteiger partial charge >= 0.3 is 0 Å². The lowest BCUT2D eigenvalue weighted by Crippen LogP contribution is -2.25. The van der Waals surface area contributed by atoms with E-state index < -0.39 is 26.0 Å². The van der Waals surface area contributed by atoms with Gasteiger partial charge in [0.25, 0.3) is 0 Å². The van der Waals surface area contributed by atoms with Crippen molar-refractivity contribution in [1.82, 2.24) is 0 Å². The van der Waals surface area contributed by atoms with E-state index in [1.165, 1.54) is 0 Å². The molecule has 0 rings (SSSR count). The highest BCUT2D eigenvalue weighted by atomic mass is 31.1. The third kappa shape index (κ3) is 5.34. The van der Waals surface area contributed by atoms with E-state index in [1.54, 1.807) is 0 Å². The van der Waals surface area contributed by atoms with Gasteiger partial charge in [0.15, 0.2) is 6.10 Å². The summed E-state index contributed by atoms with van der Waals surface area (Å²) in [6.07, 6.45) is 1.78. The predicted molar refractivity (Wildman–Crippen MR) is 51.3 cm³/mol. The molecule has 0 saturated heterocycles. The lowest BCUT2D eigenvalue weighted by atomic mass is 10.3. The molecule has 78 valence electrons. The van der Waals surface area contributed by atoms with Crippen LogP contribution in [0.15, 0.2) is 0 Å². The largest absolute Gasteiger partial charge is 0.629 e. The summed E-state index contributed by atoms with van der Waals surface area (Å²) in [4.78, 5) is 11.2. The molecule has 0 aromatic rings. The van der Waals surface area contributed by atoms with Crippen LogP contribution in [0, 0.1) is 0 Å². The van der Waals surface area contributed by atoms with Crippen LogP contribution < -0.4 is 4.89 Å². The molecule has 0 aliphatic carbocycles. The molecule has 0 spiro atoms. The number of unbranched alkanes of at least 4 members (excludes halogenated alkanes) is 2. The van der Waals surface area contributed by atoms with Crippen molar-refractivity contribution in [1.29, 1.82) is 0 Å². The molecule has 0 fully saturated rings. The zero-order chi connectivity index (χ0) is 10.3. The van der Waals surface area contributed by atoms with Gasteiger partial charge in [-0.1, -0.05) is 13.3 Å². The summed E-state index contributed by atoms with van der Waals surface area (Å²) >= 11 is 0. The number of aliphatic hydroxyl groups is 3. The zero-order valence-corrected chi connectivity index (χ0v) is 8.70. The first-order valence-electron chi connectivity index (χ1n) is 4.42. The monoisotopic (exact) mass is 208 g/mol. The van der Waals surface area contributed by atoms with E-state index in [2.05, 4.69) is 0 Å². The van der Waals surface area contributed by atoms with E-state index in [4.69, 9.17) is 15.3 Å². The van der Waals surface area contributed by atoms with E-state index in [9.17, 15) is 4.89 Å². The lowest BCUT2D eigenvalue weighted by Gasteiger charge is -2.05. The molecule has 0 saturated carbocycles. The van der Waals surface area contributed by atoms with Crippen LogP contribution in [0.4, 0.5) is 0 Å². The van der Waals surface area contributed by atoms with Crippen LogP contribution in [0.3, 0.4) is 0 Å². The molecule has 0 heterocycles. The van der Waals surface area contributed by atoms with Crippen molar-refractivity contribution in [2.45, 2.75) is 32.3 Å². The minimum Gasteiger partial charge on any atom is -0.629 e. The van der Waals surface area contributed by atoms with Crippen LogP contribution in [0.1, 0.15) is 26.2 Å². The summed E-state index contributed by atoms with van der Waals surface area (Å²) in [6.45, 7) is 1.44. The minimum atomic E-state index is -1.89. The molecule has 3 N–H and O–H groups in total. The third-order valence-electron chi connectivity index (χ3n) is 1.69. The van der Waals surface area contributed by atoms with Crippen LogP contribution in [0.25, 0.3) is 0 Å². The molecule has 0 aliphatic heterocycles. The van der Waals surface area contributed by atoms with Crippen molar-refractivity contribution < 1.29 is 20.2 Å². The van der Waals surface area contributed by atoms with Gasteiger partial charge in [0.2, 0.25) is 5.48 Å². The first-order chi connectivity index (χ1) is 6.13. The SMILES string of the molecule is CCCCC/[P+]([O-])=C(\O)C(O)CO.